The van der Waals surface area contributed by atoms with Gasteiger partial charge in [-0.1, -0.05) is 97.1 Å². The summed E-state index contributed by atoms with van der Waals surface area (Å²) in [6, 6.07) is 45.7. The summed E-state index contributed by atoms with van der Waals surface area (Å²) in [4.78, 5) is 9.93. The first kappa shape index (κ1) is 23.9. The highest BCUT2D eigenvalue weighted by Gasteiger charge is 2.15. The smallest absolute Gasteiger partial charge is 0.148 e. The number of para-hydroxylation sites is 4. The van der Waals surface area contributed by atoms with Crippen molar-refractivity contribution in [1.29, 1.82) is 0 Å². The summed E-state index contributed by atoms with van der Waals surface area (Å²) in [6.07, 6.45) is 0. The zero-order chi connectivity index (χ0) is 26.7. The minimum atomic E-state index is 0.366. The number of aromatic nitrogens is 4. The molecule has 7 aromatic rings. The zero-order valence-electron chi connectivity index (χ0n) is 22.0. The highest BCUT2D eigenvalue weighted by atomic mass is 16.5. The molecule has 0 saturated heterocycles. The number of fused-ring (bicyclic) bond motifs is 2. The van der Waals surface area contributed by atoms with Crippen LogP contribution in [0.5, 0.6) is 5.75 Å². The van der Waals surface area contributed by atoms with E-state index in [0.29, 0.717) is 6.61 Å². The molecular formula is C35H28N4O. The molecule has 0 aliphatic rings. The number of ether oxygens (including phenoxy) is 1. The van der Waals surface area contributed by atoms with Crippen molar-refractivity contribution in [2.75, 3.05) is 0 Å². The van der Waals surface area contributed by atoms with E-state index in [0.717, 1.165) is 58.1 Å². The second-order valence-electron chi connectivity index (χ2n) is 9.90. The predicted molar refractivity (Wildman–Crippen MR) is 160 cm³/mol. The Balaban J connectivity index is 1.20. The van der Waals surface area contributed by atoms with Gasteiger partial charge in [0.25, 0.3) is 0 Å². The summed E-state index contributed by atoms with van der Waals surface area (Å²) in [5.41, 5.74) is 7.65. The topological polar surface area (TPSA) is 44.9 Å². The lowest BCUT2D eigenvalue weighted by Gasteiger charge is -2.13. The number of benzene rings is 5. The van der Waals surface area contributed by atoms with Crippen molar-refractivity contribution in [3.8, 4) is 17.1 Å². The van der Waals surface area contributed by atoms with Gasteiger partial charge in [0.15, 0.2) is 0 Å². The fourth-order valence-corrected chi connectivity index (χ4v) is 5.27. The molecule has 7 rings (SSSR count). The van der Waals surface area contributed by atoms with E-state index in [1.165, 1.54) is 11.1 Å². The minimum Gasteiger partial charge on any atom is -0.486 e. The third-order valence-corrected chi connectivity index (χ3v) is 7.22. The third kappa shape index (κ3) is 4.74. The van der Waals surface area contributed by atoms with Gasteiger partial charge in [0, 0.05) is 18.7 Å². The van der Waals surface area contributed by atoms with Crippen LogP contribution in [0.2, 0.25) is 0 Å². The van der Waals surface area contributed by atoms with E-state index >= 15 is 0 Å². The van der Waals surface area contributed by atoms with Gasteiger partial charge in [0.2, 0.25) is 0 Å². The molecule has 0 fully saturated rings. The Labute approximate surface area is 233 Å². The van der Waals surface area contributed by atoms with Crippen molar-refractivity contribution in [2.45, 2.75) is 19.7 Å². The monoisotopic (exact) mass is 520 g/mol. The van der Waals surface area contributed by atoms with E-state index in [-0.39, 0.29) is 0 Å². The van der Waals surface area contributed by atoms with Gasteiger partial charge >= 0.3 is 0 Å². The summed E-state index contributed by atoms with van der Waals surface area (Å²) >= 11 is 0. The van der Waals surface area contributed by atoms with Crippen LogP contribution in [0.15, 0.2) is 133 Å². The van der Waals surface area contributed by atoms with Gasteiger partial charge in [-0.25, -0.2) is 9.97 Å². The van der Waals surface area contributed by atoms with Crippen LogP contribution in [0.1, 0.15) is 17.0 Å². The molecule has 0 bridgehead atoms. The first-order chi connectivity index (χ1) is 19.8. The standard InChI is InChI=1S/C35H28N4O/c1-3-12-26(13-4-1)23-38-32-20-9-7-18-30(32)36-34(38)25-40-29-17-11-16-28(22-29)35-37-31-19-8-10-21-33(31)39(35)24-27-14-5-2-6-15-27/h1-22H,23-25H2. The van der Waals surface area contributed by atoms with Crippen molar-refractivity contribution in [1.82, 2.24) is 19.1 Å². The van der Waals surface area contributed by atoms with Crippen LogP contribution in [-0.2, 0) is 19.7 Å². The van der Waals surface area contributed by atoms with E-state index in [9.17, 15) is 0 Å². The molecule has 5 nitrogen and oxygen atoms in total. The number of imidazole rings is 2. The third-order valence-electron chi connectivity index (χ3n) is 7.22. The van der Waals surface area contributed by atoms with Crippen molar-refractivity contribution >= 4 is 22.1 Å². The van der Waals surface area contributed by atoms with Crippen molar-refractivity contribution in [2.24, 2.45) is 0 Å². The van der Waals surface area contributed by atoms with Gasteiger partial charge in [0.05, 0.1) is 22.1 Å². The van der Waals surface area contributed by atoms with Crippen molar-refractivity contribution in [3.63, 3.8) is 0 Å². The molecule has 2 heterocycles. The van der Waals surface area contributed by atoms with Crippen molar-refractivity contribution in [3.05, 3.63) is 150 Å². The fraction of sp³-hybridized carbons (Fsp3) is 0.0857. The van der Waals surface area contributed by atoms with Crippen LogP contribution < -0.4 is 4.74 Å². The molecule has 0 radical (unpaired) electrons. The molecule has 0 unspecified atom stereocenters. The lowest BCUT2D eigenvalue weighted by Crippen LogP contribution is -2.08. The highest BCUT2D eigenvalue weighted by Crippen LogP contribution is 2.29. The molecule has 0 amide bonds. The molecule has 40 heavy (non-hydrogen) atoms. The second kappa shape index (κ2) is 10.5. The maximum Gasteiger partial charge on any atom is 0.148 e. The normalized spacial score (nSPS) is 11.3. The average Bonchev–Trinajstić information content (AvgIpc) is 3.55. The fourth-order valence-electron chi connectivity index (χ4n) is 5.27. The van der Waals surface area contributed by atoms with E-state index < -0.39 is 0 Å². The molecule has 2 aromatic heterocycles. The molecule has 0 N–H and O–H groups in total. The molecular weight excluding hydrogens is 492 g/mol. The molecule has 0 atom stereocenters. The predicted octanol–water partition coefficient (Wildman–Crippen LogP) is 7.73. The Kier molecular flexibility index (Phi) is 6.30. The zero-order valence-corrected chi connectivity index (χ0v) is 22.0. The first-order valence-electron chi connectivity index (χ1n) is 13.5. The van der Waals surface area contributed by atoms with Gasteiger partial charge in [-0.05, 0) is 47.5 Å². The average molecular weight is 521 g/mol. The van der Waals surface area contributed by atoms with Crippen LogP contribution in [0.25, 0.3) is 33.5 Å². The minimum absolute atomic E-state index is 0.366. The Morgan fingerprint density at radius 3 is 1.80 bits per heavy atom. The quantitative estimate of drug-likeness (QED) is 0.206. The Morgan fingerprint density at radius 1 is 0.525 bits per heavy atom. The summed E-state index contributed by atoms with van der Waals surface area (Å²) in [6.45, 7) is 1.85. The summed E-state index contributed by atoms with van der Waals surface area (Å²) < 4.78 is 10.9. The van der Waals surface area contributed by atoms with Crippen LogP contribution in [0, 0.1) is 0 Å². The van der Waals surface area contributed by atoms with E-state index in [4.69, 9.17) is 14.7 Å². The van der Waals surface area contributed by atoms with E-state index in [1.54, 1.807) is 0 Å². The molecule has 0 spiro atoms. The maximum atomic E-state index is 6.37. The second-order valence-corrected chi connectivity index (χ2v) is 9.90. The lowest BCUT2D eigenvalue weighted by atomic mass is 10.2. The Morgan fingerprint density at radius 2 is 1.10 bits per heavy atom. The van der Waals surface area contributed by atoms with Gasteiger partial charge in [0.1, 0.15) is 24.0 Å². The van der Waals surface area contributed by atoms with Gasteiger partial charge in [-0.15, -0.1) is 0 Å². The summed E-state index contributed by atoms with van der Waals surface area (Å²) in [5, 5.41) is 0. The largest absolute Gasteiger partial charge is 0.486 e. The van der Waals surface area contributed by atoms with E-state index in [2.05, 4.69) is 106 Å². The molecule has 0 saturated carbocycles. The Bertz CT molecular complexity index is 1900. The van der Waals surface area contributed by atoms with Gasteiger partial charge < -0.3 is 13.9 Å². The summed E-state index contributed by atoms with van der Waals surface area (Å²) in [7, 11) is 0. The van der Waals surface area contributed by atoms with Crippen LogP contribution in [0.3, 0.4) is 0 Å². The molecule has 194 valence electrons. The number of hydrogen-bond acceptors (Lipinski definition) is 3. The van der Waals surface area contributed by atoms with Crippen LogP contribution in [-0.4, -0.2) is 19.1 Å². The highest BCUT2D eigenvalue weighted by molar-refractivity contribution is 5.81. The maximum absolute atomic E-state index is 6.37. The molecule has 5 heteroatoms. The van der Waals surface area contributed by atoms with Gasteiger partial charge in [-0.3, -0.25) is 0 Å². The lowest BCUT2D eigenvalue weighted by molar-refractivity contribution is 0.291. The van der Waals surface area contributed by atoms with Crippen LogP contribution >= 0.6 is 0 Å². The SMILES string of the molecule is c1ccc(Cn2c(COc3cccc(-c4nc5ccccc5n4Cc4ccccc4)c3)nc3ccccc32)cc1. The van der Waals surface area contributed by atoms with E-state index in [1.807, 2.05) is 36.4 Å². The Hall–Kier alpha value is -5.16. The summed E-state index contributed by atoms with van der Waals surface area (Å²) in [5.74, 6) is 2.60. The number of nitrogens with zero attached hydrogens (tertiary/aromatic N) is 4. The first-order valence-corrected chi connectivity index (χ1v) is 13.5. The molecule has 5 aromatic carbocycles. The molecule has 0 aliphatic heterocycles. The van der Waals surface area contributed by atoms with Crippen molar-refractivity contribution < 1.29 is 4.74 Å². The van der Waals surface area contributed by atoms with Crippen LogP contribution in [0.4, 0.5) is 0 Å². The van der Waals surface area contributed by atoms with Gasteiger partial charge in [-0.2, -0.15) is 0 Å². The number of hydrogen-bond donors (Lipinski definition) is 0. The number of rotatable bonds is 8. The molecule has 0 aliphatic carbocycles.